The minimum atomic E-state index is -1.13. The molecule has 5 rings (SSSR count). The summed E-state index contributed by atoms with van der Waals surface area (Å²) in [4.78, 5) is 28.7. The van der Waals surface area contributed by atoms with Crippen molar-refractivity contribution >= 4 is 23.5 Å². The number of rotatable bonds is 12. The number of anilines is 2. The largest absolute Gasteiger partial charge is 0.494 e. The predicted octanol–water partition coefficient (Wildman–Crippen LogP) is 5.47. The van der Waals surface area contributed by atoms with Gasteiger partial charge in [-0.25, -0.2) is 23.1 Å². The van der Waals surface area contributed by atoms with E-state index in [4.69, 9.17) is 9.47 Å². The van der Waals surface area contributed by atoms with Crippen molar-refractivity contribution in [1.29, 1.82) is 0 Å². The quantitative estimate of drug-likeness (QED) is 0.189. The molecule has 0 spiro atoms. The lowest BCUT2D eigenvalue weighted by Crippen LogP contribution is -2.42. The summed E-state index contributed by atoms with van der Waals surface area (Å²) >= 11 is 0. The van der Waals surface area contributed by atoms with Crippen molar-refractivity contribution in [3.8, 4) is 11.4 Å². The first-order valence-corrected chi connectivity index (χ1v) is 14.8. The molecular weight excluding hydrogens is 598 g/mol. The Kier molecular flexibility index (Phi) is 10.5. The molecule has 0 unspecified atom stereocenters. The van der Waals surface area contributed by atoms with E-state index in [9.17, 15) is 23.5 Å². The molecule has 2 heterocycles. The van der Waals surface area contributed by atoms with Crippen molar-refractivity contribution in [2.75, 3.05) is 50.2 Å². The second kappa shape index (κ2) is 14.8. The van der Waals surface area contributed by atoms with E-state index in [1.165, 1.54) is 27.9 Å². The number of hydrogen-bond acceptors (Lipinski definition) is 6. The summed E-state index contributed by atoms with van der Waals surface area (Å²) < 4.78 is 40.2. The van der Waals surface area contributed by atoms with Gasteiger partial charge < -0.3 is 25.2 Å². The molecule has 0 radical (unpaired) electrons. The molecule has 11 nitrogen and oxygen atoms in total. The number of carbonyl (C=O) groups is 2. The third-order valence-electron chi connectivity index (χ3n) is 7.72. The van der Waals surface area contributed by atoms with E-state index in [-0.39, 0.29) is 12.5 Å². The molecule has 46 heavy (non-hydrogen) atoms. The number of halogens is 2. The number of benzene rings is 3. The van der Waals surface area contributed by atoms with E-state index in [2.05, 4.69) is 20.6 Å². The molecule has 3 aromatic carbocycles. The van der Waals surface area contributed by atoms with Gasteiger partial charge in [0, 0.05) is 50.5 Å². The van der Waals surface area contributed by atoms with Gasteiger partial charge >= 0.3 is 12.1 Å². The Morgan fingerprint density at radius 1 is 1.07 bits per heavy atom. The number of amides is 3. The van der Waals surface area contributed by atoms with Crippen LogP contribution in [0.1, 0.15) is 24.0 Å². The molecule has 1 aromatic heterocycles. The van der Waals surface area contributed by atoms with Gasteiger partial charge in [-0.2, -0.15) is 5.10 Å². The van der Waals surface area contributed by atoms with E-state index in [0.717, 1.165) is 11.6 Å². The molecule has 0 aliphatic carbocycles. The Labute approximate surface area is 265 Å². The lowest BCUT2D eigenvalue weighted by molar-refractivity contribution is 0.159. The molecule has 4 aromatic rings. The van der Waals surface area contributed by atoms with Crippen LogP contribution in [0.4, 0.5) is 29.7 Å². The molecule has 1 aliphatic rings. The summed E-state index contributed by atoms with van der Waals surface area (Å²) in [5.74, 6) is -1.68. The Morgan fingerprint density at radius 3 is 2.59 bits per heavy atom. The van der Waals surface area contributed by atoms with Gasteiger partial charge in [0.05, 0.1) is 49.6 Å². The van der Waals surface area contributed by atoms with Crippen LogP contribution in [0.5, 0.6) is 5.75 Å². The first kappa shape index (κ1) is 32.4. The molecule has 1 fully saturated rings. The molecule has 1 aliphatic heterocycles. The van der Waals surface area contributed by atoms with Crippen LogP contribution in [0.25, 0.3) is 5.69 Å². The van der Waals surface area contributed by atoms with Crippen molar-refractivity contribution in [3.05, 3.63) is 102 Å². The monoisotopic (exact) mass is 634 g/mol. The van der Waals surface area contributed by atoms with E-state index in [1.54, 1.807) is 31.5 Å². The fourth-order valence-corrected chi connectivity index (χ4v) is 5.52. The average molecular weight is 635 g/mol. The van der Waals surface area contributed by atoms with Gasteiger partial charge in [0.15, 0.2) is 11.6 Å². The number of likely N-dealkylation sites (tertiary alicyclic amines) is 1. The maximum Gasteiger partial charge on any atom is 0.412 e. The standard InChI is InChI=1S/C33H36F2N6O5/c1-3-46-27-15-24(14-25(16-27)41-19-26(17-36-41)40(33(43)44)18-22-7-5-4-6-8-22)37-32(42)38-31-21-39(11-12-45-2)20-28(31)23-9-10-29(34)30(35)13-23/h4-10,13-17,19,28,31H,3,11-12,18,20-21H2,1-2H3,(H,43,44)(H2,37,38,42)/t28-,31+/m0/s1. The van der Waals surface area contributed by atoms with Crippen molar-refractivity contribution < 1.29 is 33.0 Å². The number of aromatic nitrogens is 2. The number of nitrogens with one attached hydrogen (secondary N) is 2. The summed E-state index contributed by atoms with van der Waals surface area (Å²) in [5, 5.41) is 20.1. The van der Waals surface area contributed by atoms with Gasteiger partial charge in [0.2, 0.25) is 0 Å². The highest BCUT2D eigenvalue weighted by Crippen LogP contribution is 2.30. The van der Waals surface area contributed by atoms with Gasteiger partial charge in [-0.15, -0.1) is 0 Å². The van der Waals surface area contributed by atoms with E-state index in [1.807, 2.05) is 37.3 Å². The fraction of sp³-hybridized carbons (Fsp3) is 0.303. The predicted molar refractivity (Wildman–Crippen MR) is 169 cm³/mol. The van der Waals surface area contributed by atoms with Crippen LogP contribution in [-0.4, -0.2) is 77.9 Å². The van der Waals surface area contributed by atoms with Gasteiger partial charge in [-0.3, -0.25) is 9.80 Å². The summed E-state index contributed by atoms with van der Waals surface area (Å²) in [6.07, 6.45) is 1.92. The van der Waals surface area contributed by atoms with Gasteiger partial charge in [0.25, 0.3) is 0 Å². The molecule has 3 N–H and O–H groups in total. The van der Waals surface area contributed by atoms with E-state index < -0.39 is 29.8 Å². The summed E-state index contributed by atoms with van der Waals surface area (Å²) in [7, 11) is 1.60. The normalized spacial score (nSPS) is 16.3. The highest BCUT2D eigenvalue weighted by Gasteiger charge is 2.35. The smallest absolute Gasteiger partial charge is 0.412 e. The van der Waals surface area contributed by atoms with Crippen LogP contribution in [0.3, 0.4) is 0 Å². The Hall–Kier alpha value is -5.01. The SMILES string of the molecule is CCOc1cc(NC(=O)N[C@@H]2CN(CCOC)C[C@H]2c2ccc(F)c(F)c2)cc(-n2cc(N(Cc3ccccc3)C(=O)O)cn2)c1. The van der Waals surface area contributed by atoms with Crippen LogP contribution >= 0.6 is 0 Å². The number of methoxy groups -OCH3 is 1. The Balaban J connectivity index is 1.34. The van der Waals surface area contributed by atoms with Crippen LogP contribution < -0.4 is 20.3 Å². The zero-order valence-corrected chi connectivity index (χ0v) is 25.5. The topological polar surface area (TPSA) is 121 Å². The maximum atomic E-state index is 14.1. The van der Waals surface area contributed by atoms with Crippen LogP contribution in [0.2, 0.25) is 0 Å². The van der Waals surface area contributed by atoms with Gasteiger partial charge in [-0.05, 0) is 36.2 Å². The van der Waals surface area contributed by atoms with Gasteiger partial charge in [-0.1, -0.05) is 36.4 Å². The fourth-order valence-electron chi connectivity index (χ4n) is 5.52. The second-order valence-corrected chi connectivity index (χ2v) is 10.9. The Bertz CT molecular complexity index is 1650. The number of hydrogen-bond donors (Lipinski definition) is 3. The third kappa shape index (κ3) is 7.98. The van der Waals surface area contributed by atoms with Crippen molar-refractivity contribution in [2.45, 2.75) is 25.4 Å². The molecular formula is C33H36F2N6O5. The van der Waals surface area contributed by atoms with Crippen LogP contribution in [0.15, 0.2) is 79.1 Å². The number of carbonyl (C=O) groups excluding carboxylic acids is 1. The van der Waals surface area contributed by atoms with Gasteiger partial charge in [0.1, 0.15) is 5.75 Å². The zero-order chi connectivity index (χ0) is 32.6. The molecule has 1 saturated heterocycles. The van der Waals surface area contributed by atoms with Crippen molar-refractivity contribution in [3.63, 3.8) is 0 Å². The number of nitrogens with zero attached hydrogens (tertiary/aromatic N) is 4. The average Bonchev–Trinajstić information content (AvgIpc) is 3.68. The molecule has 3 amide bonds. The van der Waals surface area contributed by atoms with Crippen molar-refractivity contribution in [1.82, 2.24) is 20.0 Å². The van der Waals surface area contributed by atoms with E-state index in [0.29, 0.717) is 61.2 Å². The maximum absolute atomic E-state index is 14.1. The minimum Gasteiger partial charge on any atom is -0.494 e. The van der Waals surface area contributed by atoms with E-state index >= 15 is 0 Å². The lowest BCUT2D eigenvalue weighted by atomic mass is 9.94. The lowest BCUT2D eigenvalue weighted by Gasteiger charge is -2.21. The molecule has 0 bridgehead atoms. The molecule has 13 heteroatoms. The minimum absolute atomic E-state index is 0.142. The first-order chi connectivity index (χ1) is 22.2. The second-order valence-electron chi connectivity index (χ2n) is 10.9. The van der Waals surface area contributed by atoms with Crippen LogP contribution in [0, 0.1) is 11.6 Å². The zero-order valence-electron chi connectivity index (χ0n) is 25.5. The van der Waals surface area contributed by atoms with Crippen molar-refractivity contribution in [2.24, 2.45) is 0 Å². The Morgan fingerprint density at radius 2 is 1.87 bits per heavy atom. The summed E-state index contributed by atoms with van der Waals surface area (Å²) in [5.41, 5.74) is 2.72. The number of ether oxygens (including phenoxy) is 2. The molecule has 2 atom stereocenters. The molecule has 242 valence electrons. The highest BCUT2D eigenvalue weighted by atomic mass is 19.2. The van der Waals surface area contributed by atoms with Crippen LogP contribution in [-0.2, 0) is 11.3 Å². The molecule has 0 saturated carbocycles. The summed E-state index contributed by atoms with van der Waals surface area (Å²) in [6, 6.07) is 17.2. The highest BCUT2D eigenvalue weighted by molar-refractivity contribution is 5.90. The summed E-state index contributed by atoms with van der Waals surface area (Å²) in [6.45, 7) is 4.48. The number of urea groups is 1. The first-order valence-electron chi connectivity index (χ1n) is 14.8. The third-order valence-corrected chi connectivity index (χ3v) is 7.72. The number of carboxylic acid groups (broad SMARTS) is 1.